The maximum atomic E-state index is 12.5. The van der Waals surface area contributed by atoms with Crippen molar-refractivity contribution in [1.29, 1.82) is 0 Å². The molecule has 0 aliphatic heterocycles. The van der Waals surface area contributed by atoms with E-state index in [1.54, 1.807) is 31.4 Å². The fourth-order valence-corrected chi connectivity index (χ4v) is 2.48. The smallest absolute Gasteiger partial charge is 0.417 e. The van der Waals surface area contributed by atoms with Gasteiger partial charge in [0.1, 0.15) is 11.6 Å². The van der Waals surface area contributed by atoms with E-state index in [-0.39, 0.29) is 36.9 Å². The van der Waals surface area contributed by atoms with Crippen molar-refractivity contribution in [3.8, 4) is 5.75 Å². The minimum atomic E-state index is -4.42. The fourth-order valence-electron chi connectivity index (χ4n) is 2.48. The number of ketones is 1. The van der Waals surface area contributed by atoms with Crippen LogP contribution in [0.3, 0.4) is 0 Å². The van der Waals surface area contributed by atoms with E-state index in [4.69, 9.17) is 4.74 Å². The lowest BCUT2D eigenvalue weighted by atomic mass is 10.1. The summed E-state index contributed by atoms with van der Waals surface area (Å²) in [5.41, 5.74) is -0.250. The minimum Gasteiger partial charge on any atom is -0.497 e. The van der Waals surface area contributed by atoms with E-state index < -0.39 is 11.7 Å². The van der Waals surface area contributed by atoms with Crippen molar-refractivity contribution in [2.45, 2.75) is 25.4 Å². The summed E-state index contributed by atoms with van der Waals surface area (Å²) in [7, 11) is 1.55. The molecule has 0 aliphatic rings. The quantitative estimate of drug-likeness (QED) is 0.462. The molecule has 0 radical (unpaired) electrons. The first-order valence-electron chi connectivity index (χ1n) is 9.00. The van der Waals surface area contributed by atoms with Crippen molar-refractivity contribution in [3.05, 3.63) is 53.7 Å². The highest BCUT2D eigenvalue weighted by Crippen LogP contribution is 2.28. The predicted molar refractivity (Wildman–Crippen MR) is 102 cm³/mol. The van der Waals surface area contributed by atoms with Crippen LogP contribution in [-0.2, 0) is 11.0 Å². The summed E-state index contributed by atoms with van der Waals surface area (Å²) in [4.78, 5) is 27.6. The monoisotopic (exact) mass is 409 g/mol. The number of ether oxygens (including phenoxy) is 1. The van der Waals surface area contributed by atoms with Crippen LogP contribution < -0.4 is 15.4 Å². The van der Waals surface area contributed by atoms with Crippen LogP contribution >= 0.6 is 0 Å². The average molecular weight is 409 g/mol. The molecule has 1 amide bonds. The topological polar surface area (TPSA) is 80.3 Å². The molecule has 0 bridgehead atoms. The van der Waals surface area contributed by atoms with Gasteiger partial charge in [-0.25, -0.2) is 4.98 Å². The summed E-state index contributed by atoms with van der Waals surface area (Å²) < 4.78 is 42.4. The Labute approximate surface area is 166 Å². The molecule has 0 aliphatic carbocycles. The molecule has 9 heteroatoms. The van der Waals surface area contributed by atoms with E-state index in [2.05, 4.69) is 15.6 Å². The third kappa shape index (κ3) is 7.44. The lowest BCUT2D eigenvalue weighted by Gasteiger charge is -2.09. The Morgan fingerprint density at radius 3 is 2.34 bits per heavy atom. The van der Waals surface area contributed by atoms with Crippen LogP contribution in [-0.4, -0.2) is 36.9 Å². The zero-order chi connectivity index (χ0) is 21.3. The summed E-state index contributed by atoms with van der Waals surface area (Å²) >= 11 is 0. The molecule has 1 aromatic heterocycles. The number of carbonyl (C=O) groups is 2. The van der Waals surface area contributed by atoms with Gasteiger partial charge in [-0.2, -0.15) is 13.2 Å². The number of amides is 1. The summed E-state index contributed by atoms with van der Waals surface area (Å²) in [5.74, 6) is 0.712. The molecule has 2 rings (SSSR count). The molecular formula is C20H22F3N3O3. The number of anilines is 1. The molecule has 2 N–H and O–H groups in total. The van der Waals surface area contributed by atoms with E-state index in [1.165, 1.54) is 6.07 Å². The molecule has 0 saturated heterocycles. The van der Waals surface area contributed by atoms with Crippen LogP contribution in [0, 0.1) is 0 Å². The first-order chi connectivity index (χ1) is 13.8. The van der Waals surface area contributed by atoms with Gasteiger partial charge >= 0.3 is 6.18 Å². The summed E-state index contributed by atoms with van der Waals surface area (Å²) in [5, 5.41) is 5.51. The normalized spacial score (nSPS) is 11.0. The first-order valence-corrected chi connectivity index (χ1v) is 9.00. The number of alkyl halides is 3. The van der Waals surface area contributed by atoms with Crippen molar-refractivity contribution in [1.82, 2.24) is 10.3 Å². The van der Waals surface area contributed by atoms with Gasteiger partial charge in [-0.1, -0.05) is 0 Å². The Hall–Kier alpha value is -3.10. The molecule has 29 heavy (non-hydrogen) atoms. The number of methoxy groups -OCH3 is 1. The molecule has 0 saturated carbocycles. The van der Waals surface area contributed by atoms with Crippen LogP contribution in [0.5, 0.6) is 5.75 Å². The van der Waals surface area contributed by atoms with Crippen molar-refractivity contribution in [2.75, 3.05) is 25.5 Å². The Balaban J connectivity index is 1.61. The third-order valence-electron chi connectivity index (χ3n) is 4.06. The predicted octanol–water partition coefficient (Wildman–Crippen LogP) is 3.69. The molecule has 0 atom stereocenters. The fraction of sp³-hybridized carbons (Fsp3) is 0.350. The molecule has 1 aromatic carbocycles. The van der Waals surface area contributed by atoms with Crippen molar-refractivity contribution < 1.29 is 27.5 Å². The summed E-state index contributed by atoms with van der Waals surface area (Å²) in [6.45, 7) is 0.600. The molecule has 0 fully saturated rings. The molecule has 0 unspecified atom stereocenters. The average Bonchev–Trinajstić information content (AvgIpc) is 2.71. The Bertz CT molecular complexity index is 806. The maximum Gasteiger partial charge on any atom is 0.417 e. The summed E-state index contributed by atoms with van der Waals surface area (Å²) in [6.07, 6.45) is -2.78. The second-order valence-electron chi connectivity index (χ2n) is 6.21. The second kappa shape index (κ2) is 10.4. The zero-order valence-corrected chi connectivity index (χ0v) is 15.9. The van der Waals surface area contributed by atoms with Gasteiger partial charge in [0.15, 0.2) is 5.78 Å². The van der Waals surface area contributed by atoms with Gasteiger partial charge in [0.25, 0.3) is 0 Å². The van der Waals surface area contributed by atoms with Gasteiger partial charge in [-0.3, -0.25) is 9.59 Å². The van der Waals surface area contributed by atoms with E-state index in [0.29, 0.717) is 24.3 Å². The number of hydrogen-bond donors (Lipinski definition) is 2. The van der Waals surface area contributed by atoms with Crippen LogP contribution in [0.25, 0.3) is 0 Å². The zero-order valence-electron chi connectivity index (χ0n) is 15.9. The number of rotatable bonds is 10. The molecular weight excluding hydrogens is 387 g/mol. The number of nitrogens with zero attached hydrogens (tertiary/aromatic N) is 1. The Kier molecular flexibility index (Phi) is 7.99. The van der Waals surface area contributed by atoms with E-state index in [0.717, 1.165) is 12.3 Å². The minimum absolute atomic E-state index is 0.0458. The molecule has 2 aromatic rings. The second-order valence-corrected chi connectivity index (χ2v) is 6.21. The van der Waals surface area contributed by atoms with Gasteiger partial charge in [0.2, 0.25) is 5.91 Å². The number of hydrogen-bond acceptors (Lipinski definition) is 5. The molecule has 0 spiro atoms. The third-order valence-corrected chi connectivity index (χ3v) is 4.06. The van der Waals surface area contributed by atoms with E-state index in [1.807, 2.05) is 0 Å². The standard InChI is InChI=1S/C20H22F3N3O3/c1-29-16-8-5-14(6-9-16)17(27)3-2-4-19(28)25-12-11-24-18-10-7-15(13-26-18)20(21,22)23/h5-10,13H,2-4,11-12H2,1H3,(H,24,26)(H,25,28). The number of Topliss-reactive ketones (excluding diaryl/α,β-unsaturated/α-hetero) is 1. The number of nitrogens with one attached hydrogen (secondary N) is 2. The van der Waals surface area contributed by atoms with Crippen LogP contribution in [0.2, 0.25) is 0 Å². The number of carbonyl (C=O) groups excluding carboxylic acids is 2. The Morgan fingerprint density at radius 1 is 1.03 bits per heavy atom. The number of benzene rings is 1. The van der Waals surface area contributed by atoms with Gasteiger partial charge in [-0.05, 0) is 42.8 Å². The van der Waals surface area contributed by atoms with Gasteiger partial charge < -0.3 is 15.4 Å². The van der Waals surface area contributed by atoms with Gasteiger partial charge in [0, 0.05) is 37.7 Å². The highest BCUT2D eigenvalue weighted by molar-refractivity contribution is 5.96. The van der Waals surface area contributed by atoms with Gasteiger partial charge in [0.05, 0.1) is 12.7 Å². The van der Waals surface area contributed by atoms with Crippen molar-refractivity contribution in [2.24, 2.45) is 0 Å². The highest BCUT2D eigenvalue weighted by atomic mass is 19.4. The number of aromatic nitrogens is 1. The van der Waals surface area contributed by atoms with Crippen molar-refractivity contribution in [3.63, 3.8) is 0 Å². The lowest BCUT2D eigenvalue weighted by Crippen LogP contribution is -2.28. The van der Waals surface area contributed by atoms with Crippen LogP contribution in [0.1, 0.15) is 35.2 Å². The first kappa shape index (κ1) is 22.2. The van der Waals surface area contributed by atoms with Crippen LogP contribution in [0.4, 0.5) is 19.0 Å². The van der Waals surface area contributed by atoms with Gasteiger partial charge in [-0.15, -0.1) is 0 Å². The Morgan fingerprint density at radius 2 is 1.76 bits per heavy atom. The molecule has 156 valence electrons. The lowest BCUT2D eigenvalue weighted by molar-refractivity contribution is -0.137. The SMILES string of the molecule is COc1ccc(C(=O)CCCC(=O)NCCNc2ccc(C(F)(F)F)cn2)cc1. The maximum absolute atomic E-state index is 12.5. The number of halogens is 3. The largest absolute Gasteiger partial charge is 0.497 e. The van der Waals surface area contributed by atoms with Crippen molar-refractivity contribution >= 4 is 17.5 Å². The molecule has 1 heterocycles. The molecule has 6 nitrogen and oxygen atoms in total. The van der Waals surface area contributed by atoms with E-state index >= 15 is 0 Å². The van der Waals surface area contributed by atoms with E-state index in [9.17, 15) is 22.8 Å². The highest BCUT2D eigenvalue weighted by Gasteiger charge is 2.30. The van der Waals surface area contributed by atoms with Crippen LogP contribution in [0.15, 0.2) is 42.6 Å². The summed E-state index contributed by atoms with van der Waals surface area (Å²) in [6, 6.07) is 8.95. The number of pyridine rings is 1.